The summed E-state index contributed by atoms with van der Waals surface area (Å²) in [7, 11) is 1.77. The van der Waals surface area contributed by atoms with Crippen LogP contribution < -0.4 is 5.32 Å². The molecule has 2 aliphatic rings. The summed E-state index contributed by atoms with van der Waals surface area (Å²) in [4.78, 5) is 20.6. The van der Waals surface area contributed by atoms with E-state index in [-0.39, 0.29) is 24.0 Å². The number of aliphatic imine (C=N–C) groups is 1. The van der Waals surface area contributed by atoms with Crippen LogP contribution >= 0.6 is 24.0 Å². The van der Waals surface area contributed by atoms with Gasteiger partial charge in [0.2, 0.25) is 5.91 Å². The van der Waals surface area contributed by atoms with Gasteiger partial charge in [-0.1, -0.05) is 0 Å². The standard InChI is InChI=1S/C16H30N4O2.HI/c1-3-17-16(20-11-7-14(12-20)13-22-2)18-8-5-10-19-9-4-6-15(19)21;/h14H,3-13H2,1-2H3,(H,17,18);1H. The first kappa shape index (κ1) is 20.5. The van der Waals surface area contributed by atoms with E-state index in [0.29, 0.717) is 11.8 Å². The highest BCUT2D eigenvalue weighted by atomic mass is 127. The van der Waals surface area contributed by atoms with Crippen LogP contribution in [0.1, 0.15) is 32.6 Å². The summed E-state index contributed by atoms with van der Waals surface area (Å²) in [6, 6.07) is 0. The second kappa shape index (κ2) is 11.1. The molecule has 0 aromatic heterocycles. The van der Waals surface area contributed by atoms with Gasteiger partial charge in [-0.25, -0.2) is 0 Å². The van der Waals surface area contributed by atoms with Crippen LogP contribution in [-0.4, -0.2) is 74.7 Å². The number of nitrogens with one attached hydrogen (secondary N) is 1. The molecule has 2 saturated heterocycles. The maximum absolute atomic E-state index is 11.6. The average molecular weight is 438 g/mol. The lowest BCUT2D eigenvalue weighted by molar-refractivity contribution is -0.127. The molecule has 2 aliphatic heterocycles. The van der Waals surface area contributed by atoms with Crippen LogP contribution in [0.2, 0.25) is 0 Å². The molecule has 1 amide bonds. The van der Waals surface area contributed by atoms with Gasteiger partial charge in [0, 0.05) is 58.7 Å². The molecular weight excluding hydrogens is 407 g/mol. The van der Waals surface area contributed by atoms with Crippen LogP contribution in [0.5, 0.6) is 0 Å². The highest BCUT2D eigenvalue weighted by Gasteiger charge is 2.24. The Morgan fingerprint density at radius 3 is 2.91 bits per heavy atom. The number of carbonyl (C=O) groups is 1. The Labute approximate surface area is 157 Å². The number of hydrogen-bond donors (Lipinski definition) is 1. The number of amides is 1. The Morgan fingerprint density at radius 2 is 2.26 bits per heavy atom. The summed E-state index contributed by atoms with van der Waals surface area (Å²) in [5.74, 6) is 1.92. The molecule has 134 valence electrons. The summed E-state index contributed by atoms with van der Waals surface area (Å²) in [6.45, 7) is 8.41. The second-order valence-corrected chi connectivity index (χ2v) is 6.13. The SMILES string of the molecule is CCNC(=NCCCN1CCCC1=O)N1CCC(COC)C1.I. The lowest BCUT2D eigenvalue weighted by Crippen LogP contribution is -2.40. The fourth-order valence-corrected chi connectivity index (χ4v) is 3.21. The fraction of sp³-hybridized carbons (Fsp3) is 0.875. The van der Waals surface area contributed by atoms with E-state index in [0.717, 1.165) is 71.1 Å². The van der Waals surface area contributed by atoms with Crippen LogP contribution in [0.4, 0.5) is 0 Å². The van der Waals surface area contributed by atoms with Gasteiger partial charge in [0.15, 0.2) is 5.96 Å². The third kappa shape index (κ3) is 6.45. The Bertz CT molecular complexity index is 392. The van der Waals surface area contributed by atoms with Crippen molar-refractivity contribution in [1.29, 1.82) is 0 Å². The monoisotopic (exact) mass is 438 g/mol. The van der Waals surface area contributed by atoms with Crippen molar-refractivity contribution in [1.82, 2.24) is 15.1 Å². The van der Waals surface area contributed by atoms with Crippen molar-refractivity contribution in [3.8, 4) is 0 Å². The molecule has 0 aromatic rings. The van der Waals surface area contributed by atoms with Crippen LogP contribution in [0, 0.1) is 5.92 Å². The molecule has 1 unspecified atom stereocenters. The zero-order valence-electron chi connectivity index (χ0n) is 14.4. The normalized spacial score (nSPS) is 21.7. The van der Waals surface area contributed by atoms with Crippen molar-refractivity contribution in [3.05, 3.63) is 0 Å². The zero-order chi connectivity index (χ0) is 15.8. The van der Waals surface area contributed by atoms with Crippen LogP contribution in [-0.2, 0) is 9.53 Å². The van der Waals surface area contributed by atoms with Crippen molar-refractivity contribution < 1.29 is 9.53 Å². The highest BCUT2D eigenvalue weighted by molar-refractivity contribution is 14.0. The third-order valence-corrected chi connectivity index (χ3v) is 4.34. The number of carbonyl (C=O) groups excluding carboxylic acids is 1. The number of likely N-dealkylation sites (tertiary alicyclic amines) is 2. The minimum atomic E-state index is 0. The zero-order valence-corrected chi connectivity index (χ0v) is 16.8. The Morgan fingerprint density at radius 1 is 1.43 bits per heavy atom. The van der Waals surface area contributed by atoms with E-state index in [4.69, 9.17) is 9.73 Å². The predicted octanol–water partition coefficient (Wildman–Crippen LogP) is 1.55. The smallest absolute Gasteiger partial charge is 0.222 e. The van der Waals surface area contributed by atoms with Crippen molar-refractivity contribution in [3.63, 3.8) is 0 Å². The van der Waals surface area contributed by atoms with Crippen molar-refractivity contribution in [2.75, 3.05) is 53.0 Å². The van der Waals surface area contributed by atoms with E-state index in [2.05, 4.69) is 17.1 Å². The van der Waals surface area contributed by atoms with Crippen molar-refractivity contribution >= 4 is 35.8 Å². The Kier molecular flexibility index (Phi) is 9.85. The second-order valence-electron chi connectivity index (χ2n) is 6.13. The van der Waals surface area contributed by atoms with E-state index in [1.807, 2.05) is 4.90 Å². The summed E-state index contributed by atoms with van der Waals surface area (Å²) in [5.41, 5.74) is 0. The summed E-state index contributed by atoms with van der Waals surface area (Å²) in [5, 5.41) is 3.38. The van der Waals surface area contributed by atoms with Gasteiger partial charge >= 0.3 is 0 Å². The molecule has 0 spiro atoms. The first-order valence-electron chi connectivity index (χ1n) is 8.54. The maximum atomic E-state index is 11.6. The van der Waals surface area contributed by atoms with Gasteiger partial charge < -0.3 is 19.9 Å². The lowest BCUT2D eigenvalue weighted by Gasteiger charge is -2.22. The number of halogens is 1. The van der Waals surface area contributed by atoms with Gasteiger partial charge in [-0.2, -0.15) is 0 Å². The van der Waals surface area contributed by atoms with E-state index >= 15 is 0 Å². The van der Waals surface area contributed by atoms with Crippen molar-refractivity contribution in [2.24, 2.45) is 10.9 Å². The summed E-state index contributed by atoms with van der Waals surface area (Å²) in [6.07, 6.45) is 3.84. The number of methoxy groups -OCH3 is 1. The molecule has 2 rings (SSSR count). The van der Waals surface area contributed by atoms with Crippen LogP contribution in [0.3, 0.4) is 0 Å². The molecule has 0 bridgehead atoms. The van der Waals surface area contributed by atoms with Gasteiger partial charge in [0.25, 0.3) is 0 Å². The lowest BCUT2D eigenvalue weighted by atomic mass is 10.1. The molecule has 0 aromatic carbocycles. The molecule has 6 nitrogen and oxygen atoms in total. The predicted molar refractivity (Wildman–Crippen MR) is 103 cm³/mol. The van der Waals surface area contributed by atoms with E-state index in [1.54, 1.807) is 7.11 Å². The molecule has 2 fully saturated rings. The largest absolute Gasteiger partial charge is 0.384 e. The Hall–Kier alpha value is -0.570. The van der Waals surface area contributed by atoms with Gasteiger partial charge in [-0.3, -0.25) is 9.79 Å². The van der Waals surface area contributed by atoms with Crippen molar-refractivity contribution in [2.45, 2.75) is 32.6 Å². The minimum absolute atomic E-state index is 0. The summed E-state index contributed by atoms with van der Waals surface area (Å²) >= 11 is 0. The molecule has 23 heavy (non-hydrogen) atoms. The number of hydrogen-bond acceptors (Lipinski definition) is 3. The average Bonchev–Trinajstić information content (AvgIpc) is 3.12. The number of ether oxygens (including phenoxy) is 1. The first-order valence-corrected chi connectivity index (χ1v) is 8.54. The number of guanidine groups is 1. The van der Waals surface area contributed by atoms with Gasteiger partial charge in [-0.05, 0) is 26.2 Å². The Balaban J connectivity index is 0.00000264. The van der Waals surface area contributed by atoms with Crippen LogP contribution in [0.15, 0.2) is 4.99 Å². The maximum Gasteiger partial charge on any atom is 0.222 e. The van der Waals surface area contributed by atoms with E-state index in [1.165, 1.54) is 6.42 Å². The first-order chi connectivity index (χ1) is 10.7. The topological polar surface area (TPSA) is 57.2 Å². The molecule has 0 aliphatic carbocycles. The number of rotatable bonds is 7. The molecule has 0 radical (unpaired) electrons. The van der Waals surface area contributed by atoms with E-state index in [9.17, 15) is 4.79 Å². The number of nitrogens with zero attached hydrogens (tertiary/aromatic N) is 3. The highest BCUT2D eigenvalue weighted by Crippen LogP contribution is 2.16. The molecular formula is C16H31IN4O2. The summed E-state index contributed by atoms with van der Waals surface area (Å²) < 4.78 is 5.25. The molecule has 7 heteroatoms. The minimum Gasteiger partial charge on any atom is -0.384 e. The quantitative estimate of drug-likeness (QED) is 0.284. The molecule has 1 atom stereocenters. The molecule has 2 heterocycles. The van der Waals surface area contributed by atoms with Gasteiger partial charge in [0.1, 0.15) is 0 Å². The molecule has 0 saturated carbocycles. The van der Waals surface area contributed by atoms with Gasteiger partial charge in [0.05, 0.1) is 6.61 Å². The van der Waals surface area contributed by atoms with Crippen LogP contribution in [0.25, 0.3) is 0 Å². The fourth-order valence-electron chi connectivity index (χ4n) is 3.21. The van der Waals surface area contributed by atoms with Gasteiger partial charge in [-0.15, -0.1) is 24.0 Å². The van der Waals surface area contributed by atoms with E-state index < -0.39 is 0 Å². The molecule has 1 N–H and O–H groups in total. The third-order valence-electron chi connectivity index (χ3n) is 4.34.